The van der Waals surface area contributed by atoms with E-state index in [0.717, 1.165) is 46.7 Å². The van der Waals surface area contributed by atoms with Gasteiger partial charge in [0.15, 0.2) is 0 Å². The second-order valence-corrected chi connectivity index (χ2v) is 4.94. The van der Waals surface area contributed by atoms with Crippen molar-refractivity contribution in [1.29, 1.82) is 0 Å². The van der Waals surface area contributed by atoms with Gasteiger partial charge in [-0.1, -0.05) is 31.5 Å². The highest BCUT2D eigenvalue weighted by molar-refractivity contribution is 6.36. The summed E-state index contributed by atoms with van der Waals surface area (Å²) in [4.78, 5) is 4.70. The van der Waals surface area contributed by atoms with Crippen molar-refractivity contribution in [3.8, 4) is 0 Å². The molecule has 1 aromatic carbocycles. The topological polar surface area (TPSA) is 24.9 Å². The first-order valence-electron chi connectivity index (χ1n) is 6.50. The largest absolute Gasteiger partial charge is 0.384 e. The van der Waals surface area contributed by atoms with Gasteiger partial charge in [0.1, 0.15) is 0 Å². The molecule has 0 saturated heterocycles. The Hall–Kier alpha value is -1.28. The van der Waals surface area contributed by atoms with E-state index in [1.165, 1.54) is 5.56 Å². The van der Waals surface area contributed by atoms with Crippen molar-refractivity contribution in [1.82, 2.24) is 4.98 Å². The molecule has 1 heterocycles. The standard InChI is InChI=1S/C15H19ClN2/c1-4-8-17-13-9-11(5-2)18-15-10(3)6-7-12(16)14(13)15/h6-7,9H,4-5,8H2,1-3H3,(H,17,18). The zero-order valence-electron chi connectivity index (χ0n) is 11.2. The van der Waals surface area contributed by atoms with E-state index in [4.69, 9.17) is 16.6 Å². The normalized spacial score (nSPS) is 10.9. The Morgan fingerprint density at radius 2 is 2.06 bits per heavy atom. The summed E-state index contributed by atoms with van der Waals surface area (Å²) in [7, 11) is 0. The Bertz CT molecular complexity index is 564. The molecule has 0 unspecified atom stereocenters. The van der Waals surface area contributed by atoms with Gasteiger partial charge in [0.25, 0.3) is 0 Å². The van der Waals surface area contributed by atoms with Gasteiger partial charge in [0.05, 0.1) is 10.5 Å². The lowest BCUT2D eigenvalue weighted by Gasteiger charge is -2.13. The van der Waals surface area contributed by atoms with Crippen molar-refractivity contribution in [2.24, 2.45) is 0 Å². The third kappa shape index (κ3) is 2.44. The van der Waals surface area contributed by atoms with Crippen molar-refractivity contribution in [2.75, 3.05) is 11.9 Å². The number of nitrogens with one attached hydrogen (secondary N) is 1. The Labute approximate surface area is 113 Å². The molecule has 2 aromatic rings. The number of anilines is 1. The van der Waals surface area contributed by atoms with E-state index in [1.807, 2.05) is 12.1 Å². The third-order valence-corrected chi connectivity index (χ3v) is 3.41. The number of hydrogen-bond acceptors (Lipinski definition) is 2. The maximum atomic E-state index is 6.33. The molecule has 1 aromatic heterocycles. The van der Waals surface area contributed by atoms with Crippen LogP contribution in [0.4, 0.5) is 5.69 Å². The van der Waals surface area contributed by atoms with Gasteiger partial charge >= 0.3 is 0 Å². The zero-order valence-corrected chi connectivity index (χ0v) is 11.9. The fourth-order valence-electron chi connectivity index (χ4n) is 2.07. The molecule has 0 saturated carbocycles. The highest BCUT2D eigenvalue weighted by Crippen LogP contribution is 2.32. The summed E-state index contributed by atoms with van der Waals surface area (Å²) >= 11 is 6.33. The van der Waals surface area contributed by atoms with Gasteiger partial charge < -0.3 is 5.32 Å². The number of halogens is 1. The van der Waals surface area contributed by atoms with E-state index in [2.05, 4.69) is 32.2 Å². The molecule has 0 bridgehead atoms. The summed E-state index contributed by atoms with van der Waals surface area (Å²) in [6, 6.07) is 6.09. The number of nitrogens with zero attached hydrogens (tertiary/aromatic N) is 1. The van der Waals surface area contributed by atoms with E-state index in [9.17, 15) is 0 Å². The highest BCUT2D eigenvalue weighted by atomic mass is 35.5. The van der Waals surface area contributed by atoms with Crippen LogP contribution in [-0.4, -0.2) is 11.5 Å². The van der Waals surface area contributed by atoms with Crippen LogP contribution in [0, 0.1) is 6.92 Å². The maximum Gasteiger partial charge on any atom is 0.0770 e. The van der Waals surface area contributed by atoms with Crippen LogP contribution in [0.1, 0.15) is 31.5 Å². The molecule has 96 valence electrons. The molecule has 0 radical (unpaired) electrons. The van der Waals surface area contributed by atoms with Gasteiger partial charge in [-0.3, -0.25) is 4.98 Å². The molecule has 1 N–H and O–H groups in total. The summed E-state index contributed by atoms with van der Waals surface area (Å²) in [6.45, 7) is 7.31. The van der Waals surface area contributed by atoms with Crippen LogP contribution in [0.5, 0.6) is 0 Å². The molecule has 3 heteroatoms. The van der Waals surface area contributed by atoms with Gasteiger partial charge in [-0.2, -0.15) is 0 Å². The minimum absolute atomic E-state index is 0.768. The van der Waals surface area contributed by atoms with Crippen LogP contribution < -0.4 is 5.32 Å². The Balaban J connectivity index is 2.68. The summed E-state index contributed by atoms with van der Waals surface area (Å²) in [5, 5.41) is 5.27. The molecule has 0 aliphatic carbocycles. The fourth-order valence-corrected chi connectivity index (χ4v) is 2.32. The predicted octanol–water partition coefficient (Wildman–Crippen LogP) is 4.58. The molecule has 0 fully saturated rings. The number of pyridine rings is 1. The lowest BCUT2D eigenvalue weighted by molar-refractivity contribution is 0.977. The van der Waals surface area contributed by atoms with Gasteiger partial charge in [-0.25, -0.2) is 0 Å². The second-order valence-electron chi connectivity index (χ2n) is 4.53. The van der Waals surface area contributed by atoms with Crippen LogP contribution in [0.15, 0.2) is 18.2 Å². The number of rotatable bonds is 4. The van der Waals surface area contributed by atoms with E-state index in [0.29, 0.717) is 0 Å². The van der Waals surface area contributed by atoms with E-state index < -0.39 is 0 Å². The fraction of sp³-hybridized carbons (Fsp3) is 0.400. The number of fused-ring (bicyclic) bond motifs is 1. The molecule has 0 amide bonds. The van der Waals surface area contributed by atoms with E-state index >= 15 is 0 Å². The van der Waals surface area contributed by atoms with Gasteiger partial charge in [0.2, 0.25) is 0 Å². The lowest BCUT2D eigenvalue weighted by atomic mass is 10.1. The average Bonchev–Trinajstić information content (AvgIpc) is 2.39. The molecule has 0 atom stereocenters. The van der Waals surface area contributed by atoms with E-state index in [-0.39, 0.29) is 0 Å². The SMILES string of the molecule is CCCNc1cc(CC)nc2c(C)ccc(Cl)c12. The number of benzene rings is 1. The summed E-state index contributed by atoms with van der Waals surface area (Å²) in [5.41, 5.74) is 4.39. The van der Waals surface area contributed by atoms with Gasteiger partial charge in [-0.15, -0.1) is 0 Å². The monoisotopic (exact) mass is 262 g/mol. The van der Waals surface area contributed by atoms with E-state index in [1.54, 1.807) is 0 Å². The molecule has 2 nitrogen and oxygen atoms in total. The summed E-state index contributed by atoms with van der Waals surface area (Å²) < 4.78 is 0. The van der Waals surface area contributed by atoms with Crippen molar-refractivity contribution < 1.29 is 0 Å². The molecule has 0 spiro atoms. The minimum atomic E-state index is 0.768. The second kappa shape index (κ2) is 5.57. The molecule has 18 heavy (non-hydrogen) atoms. The Kier molecular flexibility index (Phi) is 4.07. The van der Waals surface area contributed by atoms with Crippen LogP contribution in [0.25, 0.3) is 10.9 Å². The molecular weight excluding hydrogens is 244 g/mol. The van der Waals surface area contributed by atoms with Crippen LogP contribution in [-0.2, 0) is 6.42 Å². The highest BCUT2D eigenvalue weighted by Gasteiger charge is 2.10. The van der Waals surface area contributed by atoms with Crippen LogP contribution in [0.3, 0.4) is 0 Å². The van der Waals surface area contributed by atoms with Crippen molar-refractivity contribution >= 4 is 28.2 Å². The molecule has 2 rings (SSSR count). The molecule has 0 aliphatic heterocycles. The quantitative estimate of drug-likeness (QED) is 0.872. The Morgan fingerprint density at radius 1 is 1.28 bits per heavy atom. The van der Waals surface area contributed by atoms with Gasteiger partial charge in [0, 0.05) is 23.3 Å². The van der Waals surface area contributed by atoms with Crippen molar-refractivity contribution in [3.05, 3.63) is 34.5 Å². The van der Waals surface area contributed by atoms with Crippen LogP contribution >= 0.6 is 11.6 Å². The third-order valence-electron chi connectivity index (χ3n) is 3.09. The van der Waals surface area contributed by atoms with Gasteiger partial charge in [-0.05, 0) is 37.5 Å². The number of aryl methyl sites for hydroxylation is 2. The first-order valence-corrected chi connectivity index (χ1v) is 6.87. The average molecular weight is 263 g/mol. The number of hydrogen-bond donors (Lipinski definition) is 1. The maximum absolute atomic E-state index is 6.33. The minimum Gasteiger partial charge on any atom is -0.384 e. The summed E-state index contributed by atoms with van der Waals surface area (Å²) in [6.07, 6.45) is 2.03. The number of aromatic nitrogens is 1. The Morgan fingerprint density at radius 3 is 2.72 bits per heavy atom. The zero-order chi connectivity index (χ0) is 13.1. The first-order chi connectivity index (χ1) is 8.67. The molecular formula is C15H19ClN2. The van der Waals surface area contributed by atoms with Crippen molar-refractivity contribution in [2.45, 2.75) is 33.6 Å². The first kappa shape index (κ1) is 13.2. The summed E-state index contributed by atoms with van der Waals surface area (Å²) in [5.74, 6) is 0. The lowest BCUT2D eigenvalue weighted by Crippen LogP contribution is -2.03. The van der Waals surface area contributed by atoms with Crippen LogP contribution in [0.2, 0.25) is 5.02 Å². The van der Waals surface area contributed by atoms with Crippen molar-refractivity contribution in [3.63, 3.8) is 0 Å². The molecule has 0 aliphatic rings. The smallest absolute Gasteiger partial charge is 0.0770 e. The predicted molar refractivity (Wildman–Crippen MR) is 79.6 cm³/mol.